The number of benzene rings is 1. The van der Waals surface area contributed by atoms with Gasteiger partial charge in [0.2, 0.25) is 10.0 Å². The summed E-state index contributed by atoms with van der Waals surface area (Å²) >= 11 is 1.62. The van der Waals surface area contributed by atoms with Gasteiger partial charge in [0.25, 0.3) is 11.8 Å². The molecule has 0 unspecified atom stereocenters. The van der Waals surface area contributed by atoms with Crippen LogP contribution in [-0.4, -0.2) is 44.2 Å². The van der Waals surface area contributed by atoms with E-state index in [1.807, 2.05) is 30.0 Å². The van der Waals surface area contributed by atoms with Crippen molar-refractivity contribution in [3.63, 3.8) is 0 Å². The molecule has 34 heavy (non-hydrogen) atoms. The van der Waals surface area contributed by atoms with Gasteiger partial charge in [-0.2, -0.15) is 11.3 Å². The van der Waals surface area contributed by atoms with Crippen molar-refractivity contribution in [1.29, 1.82) is 0 Å². The second-order valence-electron chi connectivity index (χ2n) is 7.68. The monoisotopic (exact) mass is 503 g/mol. The minimum Gasteiger partial charge on any atom is -0.493 e. The van der Waals surface area contributed by atoms with Crippen LogP contribution in [0.4, 0.5) is 5.82 Å². The standard InChI is InChI=1S/C23H25N3O6S2/c1-15(2)32-20-11-18(10-19(12-20)31-8-6-16-7-9-33-14-16)22(27)25-21-5-4-17(13-24-21)23(28)26-34(3,29)30/h4-5,7,9-15H,6,8H2,1-3H3,(H,26,28)(H,24,25,27). The van der Waals surface area contributed by atoms with Gasteiger partial charge in [0, 0.05) is 24.2 Å². The van der Waals surface area contributed by atoms with Crippen molar-refractivity contribution in [3.8, 4) is 11.5 Å². The van der Waals surface area contributed by atoms with E-state index < -0.39 is 21.8 Å². The van der Waals surface area contributed by atoms with E-state index in [0.29, 0.717) is 23.7 Å². The van der Waals surface area contributed by atoms with Gasteiger partial charge in [-0.15, -0.1) is 0 Å². The van der Waals surface area contributed by atoms with Gasteiger partial charge >= 0.3 is 0 Å². The summed E-state index contributed by atoms with van der Waals surface area (Å²) in [6.07, 6.45) is 2.70. The Balaban J connectivity index is 1.71. The summed E-state index contributed by atoms with van der Waals surface area (Å²) in [5, 5.41) is 6.72. The summed E-state index contributed by atoms with van der Waals surface area (Å²) in [7, 11) is -3.69. The number of ether oxygens (including phenoxy) is 2. The Labute approximate surface area is 202 Å². The number of rotatable bonds is 10. The van der Waals surface area contributed by atoms with E-state index in [0.717, 1.165) is 12.7 Å². The van der Waals surface area contributed by atoms with Gasteiger partial charge in [-0.25, -0.2) is 18.1 Å². The van der Waals surface area contributed by atoms with Crippen LogP contribution >= 0.6 is 11.3 Å². The Hall–Kier alpha value is -3.44. The average molecular weight is 504 g/mol. The average Bonchev–Trinajstić information content (AvgIpc) is 3.26. The Morgan fingerprint density at radius 1 is 1.06 bits per heavy atom. The summed E-state index contributed by atoms with van der Waals surface area (Å²) < 4.78 is 35.9. The number of nitrogens with zero attached hydrogens (tertiary/aromatic N) is 1. The Bertz CT molecular complexity index is 1240. The Kier molecular flexibility index (Phi) is 8.24. The van der Waals surface area contributed by atoms with Gasteiger partial charge in [0.1, 0.15) is 17.3 Å². The van der Waals surface area contributed by atoms with Crippen LogP contribution in [0, 0.1) is 0 Å². The minimum absolute atomic E-state index is 0.0389. The second-order valence-corrected chi connectivity index (χ2v) is 10.2. The smallest absolute Gasteiger partial charge is 0.266 e. The molecule has 2 aromatic heterocycles. The molecule has 0 radical (unpaired) electrons. The lowest BCUT2D eigenvalue weighted by molar-refractivity contribution is 0.0980. The quantitative estimate of drug-likeness (QED) is 0.434. The van der Waals surface area contributed by atoms with E-state index in [-0.39, 0.29) is 17.5 Å². The maximum absolute atomic E-state index is 12.9. The third-order valence-electron chi connectivity index (χ3n) is 4.30. The van der Waals surface area contributed by atoms with E-state index in [4.69, 9.17) is 9.47 Å². The number of sulfonamides is 1. The molecule has 0 aliphatic heterocycles. The molecule has 3 aromatic rings. The zero-order chi connectivity index (χ0) is 24.7. The maximum atomic E-state index is 12.9. The summed E-state index contributed by atoms with van der Waals surface area (Å²) in [6.45, 7) is 4.21. The first kappa shape index (κ1) is 25.2. The Morgan fingerprint density at radius 2 is 1.82 bits per heavy atom. The van der Waals surface area contributed by atoms with E-state index in [1.54, 1.807) is 29.5 Å². The molecule has 3 rings (SSSR count). The van der Waals surface area contributed by atoms with Crippen molar-refractivity contribution < 1.29 is 27.5 Å². The molecule has 0 aliphatic carbocycles. The van der Waals surface area contributed by atoms with Gasteiger partial charge < -0.3 is 14.8 Å². The fourth-order valence-corrected chi connectivity index (χ4v) is 4.02. The zero-order valence-corrected chi connectivity index (χ0v) is 20.5. The molecule has 11 heteroatoms. The normalized spacial score (nSPS) is 11.2. The minimum atomic E-state index is -3.69. The predicted octanol–water partition coefficient (Wildman–Crippen LogP) is 3.49. The number of amides is 2. The van der Waals surface area contributed by atoms with Gasteiger partial charge in [-0.1, -0.05) is 0 Å². The van der Waals surface area contributed by atoms with E-state index in [2.05, 4.69) is 15.7 Å². The largest absolute Gasteiger partial charge is 0.493 e. The van der Waals surface area contributed by atoms with E-state index >= 15 is 0 Å². The van der Waals surface area contributed by atoms with Gasteiger partial charge in [-0.05, 0) is 60.5 Å². The molecule has 9 nitrogen and oxygen atoms in total. The van der Waals surface area contributed by atoms with Crippen LogP contribution < -0.4 is 19.5 Å². The van der Waals surface area contributed by atoms with Crippen LogP contribution in [0.25, 0.3) is 0 Å². The fraction of sp³-hybridized carbons (Fsp3) is 0.261. The van der Waals surface area contributed by atoms with Gasteiger partial charge in [0.15, 0.2) is 0 Å². The molecular weight excluding hydrogens is 478 g/mol. The molecule has 0 saturated heterocycles. The highest BCUT2D eigenvalue weighted by Crippen LogP contribution is 2.25. The highest BCUT2D eigenvalue weighted by atomic mass is 32.2. The molecule has 2 heterocycles. The van der Waals surface area contributed by atoms with Crippen molar-refractivity contribution in [3.05, 3.63) is 70.0 Å². The summed E-state index contributed by atoms with van der Waals surface area (Å²) in [4.78, 5) is 28.8. The van der Waals surface area contributed by atoms with Crippen LogP contribution in [0.3, 0.4) is 0 Å². The molecular formula is C23H25N3O6S2. The molecule has 0 aliphatic rings. The van der Waals surface area contributed by atoms with Crippen molar-refractivity contribution in [2.24, 2.45) is 0 Å². The van der Waals surface area contributed by atoms with Crippen molar-refractivity contribution in [2.75, 3.05) is 18.2 Å². The topological polar surface area (TPSA) is 124 Å². The van der Waals surface area contributed by atoms with Crippen LogP contribution in [-0.2, 0) is 16.4 Å². The molecule has 1 aromatic carbocycles. The number of anilines is 1. The van der Waals surface area contributed by atoms with Crippen molar-refractivity contribution in [1.82, 2.24) is 9.71 Å². The molecule has 180 valence electrons. The number of hydrogen-bond donors (Lipinski definition) is 2. The second kappa shape index (κ2) is 11.1. The SMILES string of the molecule is CC(C)Oc1cc(OCCc2ccsc2)cc(C(=O)Nc2ccc(C(=O)NS(C)(=O)=O)cn2)c1. The highest BCUT2D eigenvalue weighted by molar-refractivity contribution is 7.89. The lowest BCUT2D eigenvalue weighted by atomic mass is 10.1. The number of nitrogens with one attached hydrogen (secondary N) is 2. The van der Waals surface area contributed by atoms with Crippen LogP contribution in [0.1, 0.15) is 40.1 Å². The van der Waals surface area contributed by atoms with E-state index in [9.17, 15) is 18.0 Å². The van der Waals surface area contributed by atoms with Gasteiger partial charge in [0.05, 0.1) is 24.5 Å². The number of carbonyl (C=O) groups is 2. The fourth-order valence-electron chi connectivity index (χ4n) is 2.87. The molecule has 0 fully saturated rings. The molecule has 0 spiro atoms. The number of aromatic nitrogens is 1. The summed E-state index contributed by atoms with van der Waals surface area (Å²) in [5.74, 6) is -0.0717. The third-order valence-corrected chi connectivity index (χ3v) is 5.59. The lowest BCUT2D eigenvalue weighted by Crippen LogP contribution is -2.29. The highest BCUT2D eigenvalue weighted by Gasteiger charge is 2.14. The molecule has 2 amide bonds. The maximum Gasteiger partial charge on any atom is 0.266 e. The predicted molar refractivity (Wildman–Crippen MR) is 130 cm³/mol. The Morgan fingerprint density at radius 3 is 2.44 bits per heavy atom. The van der Waals surface area contributed by atoms with Crippen LogP contribution in [0.5, 0.6) is 11.5 Å². The number of carbonyl (C=O) groups excluding carboxylic acids is 2. The number of hydrogen-bond acceptors (Lipinski definition) is 8. The van der Waals surface area contributed by atoms with Gasteiger partial charge in [-0.3, -0.25) is 9.59 Å². The summed E-state index contributed by atoms with van der Waals surface area (Å²) in [6, 6.07) is 9.76. The first-order chi connectivity index (χ1) is 16.1. The first-order valence-electron chi connectivity index (χ1n) is 10.3. The van der Waals surface area contributed by atoms with E-state index in [1.165, 1.54) is 23.9 Å². The molecule has 0 bridgehead atoms. The first-order valence-corrected chi connectivity index (χ1v) is 13.2. The number of pyridine rings is 1. The van der Waals surface area contributed by atoms with Crippen LogP contribution in [0.2, 0.25) is 0 Å². The third kappa shape index (κ3) is 7.85. The molecule has 0 atom stereocenters. The van der Waals surface area contributed by atoms with Crippen molar-refractivity contribution in [2.45, 2.75) is 26.4 Å². The lowest BCUT2D eigenvalue weighted by Gasteiger charge is -2.14. The van der Waals surface area contributed by atoms with Crippen molar-refractivity contribution >= 4 is 39.0 Å². The molecule has 2 N–H and O–H groups in total. The van der Waals surface area contributed by atoms with Crippen LogP contribution in [0.15, 0.2) is 53.4 Å². The number of thiophene rings is 1. The summed E-state index contributed by atoms with van der Waals surface area (Å²) in [5.41, 5.74) is 1.53. The zero-order valence-electron chi connectivity index (χ0n) is 18.9. The molecule has 0 saturated carbocycles.